The number of ether oxygens (including phenoxy) is 3. The van der Waals surface area contributed by atoms with Crippen LogP contribution in [0.4, 0.5) is 0 Å². The number of unbranched alkanes of at least 4 members (excludes halogenated alkanes) is 1. The van der Waals surface area contributed by atoms with E-state index in [2.05, 4.69) is 22.9 Å². The van der Waals surface area contributed by atoms with Gasteiger partial charge in [-0.05, 0) is 40.0 Å². The lowest BCUT2D eigenvalue weighted by atomic mass is 10.2. The average molecular weight is 362 g/mol. The van der Waals surface area contributed by atoms with Crippen molar-refractivity contribution >= 4 is 15.9 Å². The predicted octanol–water partition coefficient (Wildman–Crippen LogP) is 2.47. The van der Waals surface area contributed by atoms with E-state index >= 15 is 0 Å². The summed E-state index contributed by atoms with van der Waals surface area (Å²) < 4.78 is 17.0. The number of rotatable bonds is 10. The Balaban J connectivity index is 2.54. The minimum Gasteiger partial charge on any atom is -0.493 e. The van der Waals surface area contributed by atoms with Gasteiger partial charge in [-0.3, -0.25) is 0 Å². The molecule has 0 amide bonds. The number of aliphatic hydroxyl groups excluding tert-OH is 1. The fraction of sp³-hybridized carbons (Fsp3) is 0.600. The van der Waals surface area contributed by atoms with Crippen molar-refractivity contribution in [1.82, 2.24) is 0 Å². The van der Waals surface area contributed by atoms with Gasteiger partial charge in [0.05, 0.1) is 18.2 Å². The maximum absolute atomic E-state index is 9.84. The molecule has 0 bridgehead atoms. The van der Waals surface area contributed by atoms with E-state index in [9.17, 15) is 5.11 Å². The van der Waals surface area contributed by atoms with E-state index in [1.165, 1.54) is 0 Å². The second-order valence-corrected chi connectivity index (χ2v) is 5.56. The molecule has 0 heterocycles. The normalized spacial score (nSPS) is 12.2. The number of benzene rings is 1. The third-order valence-corrected chi connectivity index (χ3v) is 3.49. The zero-order valence-corrected chi connectivity index (χ0v) is 14.2. The van der Waals surface area contributed by atoms with Crippen molar-refractivity contribution in [2.24, 2.45) is 5.73 Å². The van der Waals surface area contributed by atoms with Crippen LogP contribution in [0.5, 0.6) is 11.5 Å². The fourth-order valence-electron chi connectivity index (χ4n) is 1.72. The lowest BCUT2D eigenvalue weighted by molar-refractivity contribution is 0.0107. The number of nitrogens with two attached hydrogens (primary N) is 1. The summed E-state index contributed by atoms with van der Waals surface area (Å²) in [4.78, 5) is 0. The van der Waals surface area contributed by atoms with Gasteiger partial charge in [-0.15, -0.1) is 0 Å². The molecule has 1 atom stereocenters. The van der Waals surface area contributed by atoms with Crippen LogP contribution in [-0.4, -0.2) is 38.1 Å². The Morgan fingerprint density at radius 2 is 2.10 bits per heavy atom. The monoisotopic (exact) mass is 361 g/mol. The molecule has 5 nitrogen and oxygen atoms in total. The summed E-state index contributed by atoms with van der Waals surface area (Å²) >= 11 is 3.43. The van der Waals surface area contributed by atoms with E-state index in [0.29, 0.717) is 24.7 Å². The summed E-state index contributed by atoms with van der Waals surface area (Å²) in [5.74, 6) is 1.14. The van der Waals surface area contributed by atoms with Crippen molar-refractivity contribution < 1.29 is 19.3 Å². The summed E-state index contributed by atoms with van der Waals surface area (Å²) in [5, 5.41) is 9.84. The molecule has 1 rings (SSSR count). The molecule has 21 heavy (non-hydrogen) atoms. The Morgan fingerprint density at radius 1 is 1.33 bits per heavy atom. The van der Waals surface area contributed by atoms with Crippen LogP contribution in [0.15, 0.2) is 16.6 Å². The van der Waals surface area contributed by atoms with E-state index in [1.54, 1.807) is 7.11 Å². The molecule has 0 aliphatic rings. The van der Waals surface area contributed by atoms with Crippen molar-refractivity contribution in [1.29, 1.82) is 0 Å². The number of aliphatic hydroxyl groups is 1. The zero-order chi connectivity index (χ0) is 15.7. The van der Waals surface area contributed by atoms with Gasteiger partial charge in [-0.2, -0.15) is 0 Å². The van der Waals surface area contributed by atoms with Crippen LogP contribution in [-0.2, 0) is 11.3 Å². The summed E-state index contributed by atoms with van der Waals surface area (Å²) in [6, 6.07) is 3.70. The Labute approximate surface area is 134 Å². The maximum atomic E-state index is 9.84. The van der Waals surface area contributed by atoms with Gasteiger partial charge in [-0.25, -0.2) is 0 Å². The molecule has 0 aliphatic carbocycles. The summed E-state index contributed by atoms with van der Waals surface area (Å²) in [5.41, 5.74) is 6.56. The Kier molecular flexibility index (Phi) is 8.68. The quantitative estimate of drug-likeness (QED) is 0.626. The van der Waals surface area contributed by atoms with E-state index in [0.717, 1.165) is 22.9 Å². The number of hydrogen-bond donors (Lipinski definition) is 2. The Hall–Kier alpha value is -0.820. The van der Waals surface area contributed by atoms with Gasteiger partial charge in [0.25, 0.3) is 0 Å². The fourth-order valence-corrected chi connectivity index (χ4v) is 2.33. The first-order chi connectivity index (χ1) is 10.1. The Morgan fingerprint density at radius 3 is 2.71 bits per heavy atom. The molecule has 6 heteroatoms. The molecule has 0 aliphatic heterocycles. The minimum absolute atomic E-state index is 0.142. The maximum Gasteiger partial charge on any atom is 0.175 e. The second kappa shape index (κ2) is 10.00. The summed E-state index contributed by atoms with van der Waals surface area (Å²) in [6.45, 7) is 3.58. The van der Waals surface area contributed by atoms with Crippen LogP contribution in [0, 0.1) is 0 Å². The highest BCUT2D eigenvalue weighted by molar-refractivity contribution is 9.10. The molecular formula is C15H24BrNO4. The van der Waals surface area contributed by atoms with Gasteiger partial charge in [0.15, 0.2) is 11.5 Å². The first kappa shape index (κ1) is 18.2. The van der Waals surface area contributed by atoms with Crippen molar-refractivity contribution in [2.45, 2.75) is 32.4 Å². The molecule has 0 radical (unpaired) electrons. The smallest absolute Gasteiger partial charge is 0.175 e. The minimum atomic E-state index is -0.673. The van der Waals surface area contributed by atoms with Crippen LogP contribution in [0.1, 0.15) is 25.3 Å². The molecule has 1 aromatic carbocycles. The van der Waals surface area contributed by atoms with Crippen LogP contribution in [0.2, 0.25) is 0 Å². The first-order valence-corrected chi connectivity index (χ1v) is 7.86. The van der Waals surface area contributed by atoms with Crippen LogP contribution in [0.3, 0.4) is 0 Å². The van der Waals surface area contributed by atoms with E-state index in [-0.39, 0.29) is 13.2 Å². The molecule has 0 aromatic heterocycles. The summed E-state index contributed by atoms with van der Waals surface area (Å²) in [6.07, 6.45) is 1.39. The molecule has 3 N–H and O–H groups in total. The van der Waals surface area contributed by atoms with Crippen molar-refractivity contribution in [3.05, 3.63) is 22.2 Å². The third kappa shape index (κ3) is 6.22. The largest absolute Gasteiger partial charge is 0.493 e. The highest BCUT2D eigenvalue weighted by atomic mass is 79.9. The van der Waals surface area contributed by atoms with Gasteiger partial charge >= 0.3 is 0 Å². The van der Waals surface area contributed by atoms with Crippen molar-refractivity contribution in [3.63, 3.8) is 0 Å². The number of methoxy groups -OCH3 is 1. The molecule has 0 fully saturated rings. The Bertz CT molecular complexity index is 428. The van der Waals surface area contributed by atoms with E-state index in [1.807, 2.05) is 12.1 Å². The van der Waals surface area contributed by atoms with Gasteiger partial charge in [0, 0.05) is 13.2 Å². The second-order valence-electron chi connectivity index (χ2n) is 4.71. The molecule has 0 spiro atoms. The van der Waals surface area contributed by atoms with Gasteiger partial charge in [0.1, 0.15) is 12.7 Å². The van der Waals surface area contributed by atoms with Crippen LogP contribution in [0.25, 0.3) is 0 Å². The molecule has 1 aromatic rings. The molecule has 0 saturated heterocycles. The molecular weight excluding hydrogens is 338 g/mol. The highest BCUT2D eigenvalue weighted by Gasteiger charge is 2.13. The highest BCUT2D eigenvalue weighted by Crippen LogP contribution is 2.36. The van der Waals surface area contributed by atoms with Gasteiger partial charge in [-0.1, -0.05) is 13.3 Å². The average Bonchev–Trinajstić information content (AvgIpc) is 2.49. The summed E-state index contributed by atoms with van der Waals surface area (Å²) in [7, 11) is 1.57. The van der Waals surface area contributed by atoms with E-state index < -0.39 is 6.10 Å². The van der Waals surface area contributed by atoms with Gasteiger partial charge < -0.3 is 25.1 Å². The lowest BCUT2D eigenvalue weighted by Crippen LogP contribution is -2.24. The predicted molar refractivity (Wildman–Crippen MR) is 85.8 cm³/mol. The first-order valence-electron chi connectivity index (χ1n) is 7.07. The molecule has 120 valence electrons. The van der Waals surface area contributed by atoms with Crippen molar-refractivity contribution in [3.8, 4) is 11.5 Å². The number of halogens is 1. The van der Waals surface area contributed by atoms with Crippen molar-refractivity contribution in [2.75, 3.05) is 26.9 Å². The van der Waals surface area contributed by atoms with Crippen LogP contribution >= 0.6 is 15.9 Å². The van der Waals surface area contributed by atoms with Gasteiger partial charge in [0.2, 0.25) is 0 Å². The standard InChI is InChI=1S/C15H24BrNO4/c1-3-4-5-20-9-12(18)10-21-15-13(16)6-11(8-17)7-14(15)19-2/h6-7,12,18H,3-5,8-10,17H2,1-2H3. The number of hydrogen-bond acceptors (Lipinski definition) is 5. The molecule has 1 unspecified atom stereocenters. The molecule has 0 saturated carbocycles. The SMILES string of the molecule is CCCCOCC(O)COc1c(Br)cc(CN)cc1OC. The topological polar surface area (TPSA) is 73.9 Å². The zero-order valence-electron chi connectivity index (χ0n) is 12.6. The van der Waals surface area contributed by atoms with Crippen LogP contribution < -0.4 is 15.2 Å². The lowest BCUT2D eigenvalue weighted by Gasteiger charge is -2.16. The third-order valence-electron chi connectivity index (χ3n) is 2.90. The van der Waals surface area contributed by atoms with E-state index in [4.69, 9.17) is 19.9 Å².